The fourth-order valence-electron chi connectivity index (χ4n) is 5.42. The smallest absolute Gasteiger partial charge is 0.368 e. The summed E-state index contributed by atoms with van der Waals surface area (Å²) in [7, 11) is 0. The first kappa shape index (κ1) is 28.9. The Balaban J connectivity index is 1.75. The van der Waals surface area contributed by atoms with Crippen LogP contribution in [0.1, 0.15) is 65.1 Å². The van der Waals surface area contributed by atoms with Crippen LogP contribution in [-0.2, 0) is 23.3 Å². The molecular formula is C28H20BrF7N4O. The zero-order valence-corrected chi connectivity index (χ0v) is 22.8. The number of hydrogen-bond acceptors (Lipinski definition) is 3. The van der Waals surface area contributed by atoms with Gasteiger partial charge >= 0.3 is 6.18 Å². The second kappa shape index (κ2) is 10.0. The molecule has 2 aromatic heterocycles. The summed E-state index contributed by atoms with van der Waals surface area (Å²) >= 11 is 3.30. The predicted molar refractivity (Wildman–Crippen MR) is 137 cm³/mol. The molecule has 5 nitrogen and oxygen atoms in total. The third-order valence-electron chi connectivity index (χ3n) is 7.10. The molecule has 13 heteroatoms. The Morgan fingerprint density at radius 2 is 1.90 bits per heavy atom. The second-order valence-electron chi connectivity index (χ2n) is 10.2. The average molecular weight is 641 g/mol. The molecule has 0 radical (unpaired) electrons. The quantitative estimate of drug-likeness (QED) is 0.246. The number of pyridine rings is 1. The number of allylic oxidation sites excluding steroid dienone is 1. The van der Waals surface area contributed by atoms with Crippen molar-refractivity contribution in [1.82, 2.24) is 14.8 Å². The number of carbonyl (C=O) groups excluding carboxylic acids is 1. The second-order valence-corrected chi connectivity index (χ2v) is 11.0. The SMILES string of the molecule is C=C(C)C#Cc1ccc(Br)c([C@@H](Cc2cc(F)cc(F)c2)C(C(N)=O)n2nc(C(F)(F)F)c3c2C(F)(F)[C@@H]2C[C@H]32)n1. The summed E-state index contributed by atoms with van der Waals surface area (Å²) in [5, 5.41) is 3.51. The molecule has 1 saturated carbocycles. The number of nitrogens with two attached hydrogens (primary N) is 1. The maximum atomic E-state index is 15.4. The fourth-order valence-corrected chi connectivity index (χ4v) is 5.93. The molecule has 0 saturated heterocycles. The molecule has 0 aliphatic heterocycles. The van der Waals surface area contributed by atoms with Crippen molar-refractivity contribution in [3.63, 3.8) is 0 Å². The van der Waals surface area contributed by atoms with Gasteiger partial charge in [-0.3, -0.25) is 4.79 Å². The molecule has 5 rings (SSSR count). The zero-order chi connectivity index (χ0) is 30.0. The van der Waals surface area contributed by atoms with Crippen molar-refractivity contribution >= 4 is 21.8 Å². The van der Waals surface area contributed by atoms with Crippen LogP contribution in [0.5, 0.6) is 0 Å². The lowest BCUT2D eigenvalue weighted by atomic mass is 9.87. The van der Waals surface area contributed by atoms with Crippen molar-refractivity contribution in [3.8, 4) is 11.8 Å². The van der Waals surface area contributed by atoms with Gasteiger partial charge in [-0.1, -0.05) is 12.5 Å². The lowest BCUT2D eigenvalue weighted by Crippen LogP contribution is -2.37. The molecule has 2 aliphatic carbocycles. The molecule has 4 atom stereocenters. The van der Waals surface area contributed by atoms with E-state index < -0.39 is 76.8 Å². The molecule has 2 heterocycles. The normalized spacial score (nSPS) is 19.9. The minimum atomic E-state index is -5.09. The van der Waals surface area contributed by atoms with Gasteiger partial charge in [0.2, 0.25) is 5.91 Å². The van der Waals surface area contributed by atoms with E-state index in [0.29, 0.717) is 16.3 Å². The van der Waals surface area contributed by atoms with E-state index in [2.05, 4.69) is 44.4 Å². The van der Waals surface area contributed by atoms with Gasteiger partial charge in [-0.25, -0.2) is 18.4 Å². The van der Waals surface area contributed by atoms with Crippen molar-refractivity contribution in [2.24, 2.45) is 11.7 Å². The van der Waals surface area contributed by atoms with E-state index in [1.54, 1.807) is 6.92 Å². The van der Waals surface area contributed by atoms with Gasteiger partial charge in [0.25, 0.3) is 5.92 Å². The standard InChI is InChI=1S/C28H20BrF7N4O/c1-12(2)3-4-16-5-6-20(29)22(38-16)18(9-13-7-14(30)10-15(31)8-13)23(26(37)41)40-25-21(24(39-40)28(34,35)36)17-11-19(17)27(25,32)33/h5-8,10,17-19,23H,1,9,11H2,2H3,(H2,37,41)/t17-,18+,19+,23?/m0/s1. The Hall–Kier alpha value is -3.66. The van der Waals surface area contributed by atoms with Gasteiger partial charge in [0, 0.05) is 27.9 Å². The monoisotopic (exact) mass is 640 g/mol. The van der Waals surface area contributed by atoms with Crippen molar-refractivity contribution in [1.29, 1.82) is 0 Å². The first-order valence-electron chi connectivity index (χ1n) is 12.3. The number of rotatable bonds is 6. The summed E-state index contributed by atoms with van der Waals surface area (Å²) in [6.07, 6.45) is -5.68. The maximum Gasteiger partial charge on any atom is 0.435 e. The molecule has 214 valence electrons. The molecule has 1 unspecified atom stereocenters. The van der Waals surface area contributed by atoms with Crippen LogP contribution in [0.4, 0.5) is 30.7 Å². The lowest BCUT2D eigenvalue weighted by Gasteiger charge is -2.28. The van der Waals surface area contributed by atoms with Gasteiger partial charge in [-0.2, -0.15) is 27.1 Å². The first-order valence-corrected chi connectivity index (χ1v) is 13.0. The number of amides is 1. The highest BCUT2D eigenvalue weighted by Gasteiger charge is 2.69. The Labute approximate surface area is 237 Å². The van der Waals surface area contributed by atoms with E-state index in [-0.39, 0.29) is 27.8 Å². The number of alkyl halides is 5. The van der Waals surface area contributed by atoms with Gasteiger partial charge in [0.15, 0.2) is 5.69 Å². The molecule has 41 heavy (non-hydrogen) atoms. The highest BCUT2D eigenvalue weighted by atomic mass is 79.9. The summed E-state index contributed by atoms with van der Waals surface area (Å²) in [6, 6.07) is 3.53. The summed E-state index contributed by atoms with van der Waals surface area (Å²) in [4.78, 5) is 17.4. The number of nitrogens with zero attached hydrogens (tertiary/aromatic N) is 3. The number of benzene rings is 1. The van der Waals surface area contributed by atoms with Crippen molar-refractivity contribution in [2.45, 2.75) is 49.7 Å². The minimum Gasteiger partial charge on any atom is -0.368 e. The van der Waals surface area contributed by atoms with Crippen LogP contribution in [0.25, 0.3) is 0 Å². The van der Waals surface area contributed by atoms with Crippen molar-refractivity contribution < 1.29 is 35.5 Å². The molecular weight excluding hydrogens is 621 g/mol. The van der Waals surface area contributed by atoms with E-state index in [1.165, 1.54) is 12.1 Å². The average Bonchev–Trinajstić information content (AvgIpc) is 3.49. The van der Waals surface area contributed by atoms with Gasteiger partial charge in [-0.15, -0.1) is 0 Å². The van der Waals surface area contributed by atoms with Crippen LogP contribution in [-0.4, -0.2) is 20.7 Å². The van der Waals surface area contributed by atoms with Crippen LogP contribution in [0.2, 0.25) is 0 Å². The Bertz CT molecular complexity index is 1630. The highest BCUT2D eigenvalue weighted by Crippen LogP contribution is 2.69. The largest absolute Gasteiger partial charge is 0.435 e. The van der Waals surface area contributed by atoms with E-state index >= 15 is 8.78 Å². The Morgan fingerprint density at radius 3 is 2.49 bits per heavy atom. The molecule has 3 aromatic rings. The van der Waals surface area contributed by atoms with Crippen molar-refractivity contribution in [2.75, 3.05) is 0 Å². The van der Waals surface area contributed by atoms with E-state index in [0.717, 1.165) is 12.1 Å². The highest BCUT2D eigenvalue weighted by molar-refractivity contribution is 9.10. The summed E-state index contributed by atoms with van der Waals surface area (Å²) in [5.74, 6) is -5.34. The van der Waals surface area contributed by atoms with E-state index in [9.17, 15) is 26.7 Å². The summed E-state index contributed by atoms with van der Waals surface area (Å²) in [5.41, 5.74) is 3.07. The van der Waals surface area contributed by atoms with Crippen LogP contribution < -0.4 is 5.73 Å². The summed E-state index contributed by atoms with van der Waals surface area (Å²) in [6.45, 7) is 5.31. The van der Waals surface area contributed by atoms with Crippen LogP contribution in [0.15, 0.2) is 47.0 Å². The third-order valence-corrected chi connectivity index (χ3v) is 7.77. The number of primary amides is 1. The summed E-state index contributed by atoms with van der Waals surface area (Å²) < 4.78 is 102. The third kappa shape index (κ3) is 5.25. The molecule has 2 N–H and O–H groups in total. The molecule has 0 spiro atoms. The van der Waals surface area contributed by atoms with Gasteiger partial charge < -0.3 is 5.73 Å². The van der Waals surface area contributed by atoms with Gasteiger partial charge in [0.05, 0.1) is 5.69 Å². The molecule has 2 aliphatic rings. The van der Waals surface area contributed by atoms with Crippen LogP contribution in [0, 0.1) is 29.4 Å². The predicted octanol–water partition coefficient (Wildman–Crippen LogP) is 6.53. The number of aromatic nitrogens is 3. The maximum absolute atomic E-state index is 15.4. The first-order chi connectivity index (χ1) is 19.1. The zero-order valence-electron chi connectivity index (χ0n) is 21.2. The fraction of sp³-hybridized carbons (Fsp3) is 0.321. The lowest BCUT2D eigenvalue weighted by molar-refractivity contribution is -0.142. The van der Waals surface area contributed by atoms with E-state index in [1.807, 2.05) is 0 Å². The topological polar surface area (TPSA) is 73.8 Å². The Kier molecular flexibility index (Phi) is 7.04. The molecule has 1 amide bonds. The van der Waals surface area contributed by atoms with E-state index in [4.69, 9.17) is 5.73 Å². The Morgan fingerprint density at radius 1 is 1.24 bits per heavy atom. The van der Waals surface area contributed by atoms with Gasteiger partial charge in [0.1, 0.15) is 29.1 Å². The van der Waals surface area contributed by atoms with Crippen LogP contribution >= 0.6 is 15.9 Å². The molecule has 1 aromatic carbocycles. The number of carbonyl (C=O) groups is 1. The minimum absolute atomic E-state index is 0.0173. The number of hydrogen-bond donors (Lipinski definition) is 1. The van der Waals surface area contributed by atoms with Crippen LogP contribution in [0.3, 0.4) is 0 Å². The number of halogens is 8. The molecule has 0 bridgehead atoms. The van der Waals surface area contributed by atoms with Gasteiger partial charge in [-0.05, 0) is 82.9 Å². The van der Waals surface area contributed by atoms with Crippen molar-refractivity contribution in [3.05, 3.63) is 92.5 Å². The molecule has 1 fully saturated rings. The number of fused-ring (bicyclic) bond motifs is 3.